The van der Waals surface area contributed by atoms with E-state index in [9.17, 15) is 19.1 Å². The Kier molecular flexibility index (Phi) is 6.06. The van der Waals surface area contributed by atoms with Crippen molar-refractivity contribution >= 4 is 22.6 Å². The fourth-order valence-corrected chi connectivity index (χ4v) is 3.29. The third-order valence-corrected chi connectivity index (χ3v) is 5.31. The van der Waals surface area contributed by atoms with E-state index in [0.29, 0.717) is 11.3 Å². The van der Waals surface area contributed by atoms with E-state index in [2.05, 4.69) is 4.72 Å². The fraction of sp³-hybridized carbons (Fsp3) is 0.500. The van der Waals surface area contributed by atoms with Crippen molar-refractivity contribution in [2.75, 3.05) is 0 Å². The first-order chi connectivity index (χ1) is 12.4. The summed E-state index contributed by atoms with van der Waals surface area (Å²) in [5.74, 6) is -1.29. The first kappa shape index (κ1) is 21.0. The van der Waals surface area contributed by atoms with Crippen molar-refractivity contribution < 1.29 is 23.4 Å². The predicted molar refractivity (Wildman–Crippen MR) is 101 cm³/mol. The number of rotatable bonds is 6. The molecule has 0 saturated carbocycles. The molecule has 1 aliphatic heterocycles. The molecule has 9 heteroatoms. The van der Waals surface area contributed by atoms with Gasteiger partial charge in [-0.1, -0.05) is 12.1 Å². The van der Waals surface area contributed by atoms with Crippen LogP contribution in [-0.4, -0.2) is 25.6 Å². The Morgan fingerprint density at radius 2 is 1.96 bits per heavy atom. The summed E-state index contributed by atoms with van der Waals surface area (Å²) in [6, 6.07) is 5.52. The van der Waals surface area contributed by atoms with Gasteiger partial charge < -0.3 is 9.47 Å². The summed E-state index contributed by atoms with van der Waals surface area (Å²) in [6.45, 7) is 8.68. The second-order valence-electron chi connectivity index (χ2n) is 7.64. The second kappa shape index (κ2) is 7.77. The number of nitrogens with one attached hydrogen (secondary N) is 1. The summed E-state index contributed by atoms with van der Waals surface area (Å²) in [6.07, 6.45) is 1.42. The number of nitro benzene ring substituents is 1. The molecule has 8 nitrogen and oxygen atoms in total. The Morgan fingerprint density at radius 3 is 2.52 bits per heavy atom. The van der Waals surface area contributed by atoms with Crippen LogP contribution >= 0.6 is 0 Å². The van der Waals surface area contributed by atoms with Gasteiger partial charge in [0, 0.05) is 32.4 Å². The highest BCUT2D eigenvalue weighted by atomic mass is 32.2. The number of carbonyl (C=O) groups excluding carboxylic acids is 1. The van der Waals surface area contributed by atoms with Crippen LogP contribution < -0.4 is 4.72 Å². The minimum absolute atomic E-state index is 0.0703. The zero-order valence-electron chi connectivity index (χ0n) is 16.0. The first-order valence-corrected chi connectivity index (χ1v) is 9.57. The number of hydrogen-bond acceptors (Lipinski definition) is 6. The minimum Gasteiger partial charge on any atom is -0.457 e. The molecular formula is C18H24N2O6S. The summed E-state index contributed by atoms with van der Waals surface area (Å²) >= 11 is 0. The van der Waals surface area contributed by atoms with E-state index < -0.39 is 38.5 Å². The van der Waals surface area contributed by atoms with Crippen LogP contribution in [0.5, 0.6) is 0 Å². The summed E-state index contributed by atoms with van der Waals surface area (Å²) in [4.78, 5) is 22.4. The number of nitro groups is 1. The average molecular weight is 396 g/mol. The van der Waals surface area contributed by atoms with Gasteiger partial charge in [0.1, 0.15) is 5.76 Å². The number of ether oxygens (including phenoxy) is 2. The lowest BCUT2D eigenvalue weighted by molar-refractivity contribution is -0.384. The first-order valence-electron chi connectivity index (χ1n) is 8.42. The summed E-state index contributed by atoms with van der Waals surface area (Å²) < 4.78 is 25.8. The Hall–Kier alpha value is -2.26. The van der Waals surface area contributed by atoms with Gasteiger partial charge in [-0.15, -0.1) is 0 Å². The van der Waals surface area contributed by atoms with E-state index in [1.54, 1.807) is 26.0 Å². The Morgan fingerprint density at radius 1 is 1.30 bits per heavy atom. The molecule has 0 fully saturated rings. The number of carbonyl (C=O) groups is 1. The van der Waals surface area contributed by atoms with Gasteiger partial charge in [0.25, 0.3) is 5.69 Å². The second-order valence-corrected chi connectivity index (χ2v) is 9.64. The number of nitrogens with zero attached hydrogens (tertiary/aromatic N) is 1. The lowest BCUT2D eigenvalue weighted by Gasteiger charge is -2.32. The van der Waals surface area contributed by atoms with Crippen molar-refractivity contribution in [3.63, 3.8) is 0 Å². The maximum Gasteiger partial charge on any atom is 0.337 e. The average Bonchev–Trinajstić information content (AvgIpc) is 2.51. The monoisotopic (exact) mass is 396 g/mol. The van der Waals surface area contributed by atoms with Crippen LogP contribution in [0.25, 0.3) is 0 Å². The zero-order valence-corrected chi connectivity index (χ0v) is 16.8. The standard InChI is InChI=1S/C18H24N2O6S/c1-17(2,3)27(24)19-15(12-7-6-8-13(9-12)20(22)23)10-14-11-16(21)26-18(4,5)25-14/h6-9,11,15,19H,10H2,1-5H3/t15-,27-/m1/s1. The molecule has 0 aliphatic carbocycles. The van der Waals surface area contributed by atoms with Crippen LogP contribution in [0.2, 0.25) is 0 Å². The Bertz CT molecular complexity index is 797. The maximum atomic E-state index is 12.6. The van der Waals surface area contributed by atoms with Crippen molar-refractivity contribution in [1.82, 2.24) is 4.72 Å². The molecule has 0 spiro atoms. The summed E-state index contributed by atoms with van der Waals surface area (Å²) in [5, 5.41) is 11.1. The lowest BCUT2D eigenvalue weighted by Crippen LogP contribution is -2.38. The van der Waals surface area contributed by atoms with E-state index >= 15 is 0 Å². The molecule has 27 heavy (non-hydrogen) atoms. The normalized spacial score (nSPS) is 18.7. The van der Waals surface area contributed by atoms with Gasteiger partial charge in [-0.2, -0.15) is 0 Å². The predicted octanol–water partition coefficient (Wildman–Crippen LogP) is 3.27. The summed E-state index contributed by atoms with van der Waals surface area (Å²) in [7, 11) is -1.44. The molecule has 1 aromatic carbocycles. The van der Waals surface area contributed by atoms with Crippen LogP contribution in [0.1, 0.15) is 52.6 Å². The van der Waals surface area contributed by atoms with Gasteiger partial charge in [-0.25, -0.2) is 13.7 Å². The molecule has 1 aliphatic rings. The van der Waals surface area contributed by atoms with Crippen molar-refractivity contribution in [1.29, 1.82) is 0 Å². The molecule has 1 N–H and O–H groups in total. The largest absolute Gasteiger partial charge is 0.457 e. The lowest BCUT2D eigenvalue weighted by atomic mass is 10.0. The molecule has 0 amide bonds. The van der Waals surface area contributed by atoms with Crippen molar-refractivity contribution in [3.05, 3.63) is 51.8 Å². The van der Waals surface area contributed by atoms with Crippen molar-refractivity contribution in [2.45, 2.75) is 57.6 Å². The molecule has 0 aromatic heterocycles. The SMILES string of the molecule is CC1(C)OC(=O)C=C(C[C@@H](N[S@](=O)C(C)(C)C)c2cccc([N+](=O)[O-])c2)O1. The highest BCUT2D eigenvalue weighted by Gasteiger charge is 2.32. The molecule has 0 bridgehead atoms. The smallest absolute Gasteiger partial charge is 0.337 e. The van der Waals surface area contributed by atoms with E-state index in [1.807, 2.05) is 20.8 Å². The quantitative estimate of drug-likeness (QED) is 0.449. The van der Waals surface area contributed by atoms with Crippen LogP contribution in [0, 0.1) is 10.1 Å². The van der Waals surface area contributed by atoms with Crippen molar-refractivity contribution in [2.24, 2.45) is 0 Å². The van der Waals surface area contributed by atoms with Crippen LogP contribution in [0.15, 0.2) is 36.1 Å². The summed E-state index contributed by atoms with van der Waals surface area (Å²) in [5.41, 5.74) is 0.502. The molecule has 0 radical (unpaired) electrons. The van der Waals surface area contributed by atoms with Crippen LogP contribution in [0.4, 0.5) is 5.69 Å². The van der Waals surface area contributed by atoms with Gasteiger partial charge in [0.2, 0.25) is 5.79 Å². The van der Waals surface area contributed by atoms with E-state index in [-0.39, 0.29) is 12.1 Å². The molecule has 148 valence electrons. The van der Waals surface area contributed by atoms with Gasteiger partial charge in [-0.05, 0) is 26.3 Å². The zero-order chi connectivity index (χ0) is 20.4. The molecule has 1 aromatic rings. The molecule has 0 saturated heterocycles. The topological polar surface area (TPSA) is 108 Å². The third-order valence-electron chi connectivity index (χ3n) is 3.70. The molecule has 2 rings (SSSR count). The number of benzene rings is 1. The maximum absolute atomic E-state index is 12.6. The number of non-ortho nitro benzene ring substituents is 1. The van der Waals surface area contributed by atoms with Gasteiger partial charge in [0.05, 0.1) is 32.8 Å². The molecule has 0 unspecified atom stereocenters. The molecule has 2 atom stereocenters. The Labute approximate surface area is 160 Å². The third kappa shape index (κ3) is 5.86. The fourth-order valence-electron chi connectivity index (χ4n) is 2.46. The number of hydrogen-bond donors (Lipinski definition) is 1. The molecular weight excluding hydrogens is 372 g/mol. The van der Waals surface area contributed by atoms with Crippen LogP contribution in [-0.2, 0) is 25.3 Å². The van der Waals surface area contributed by atoms with E-state index in [0.717, 1.165) is 0 Å². The van der Waals surface area contributed by atoms with Gasteiger partial charge in [-0.3, -0.25) is 10.1 Å². The van der Waals surface area contributed by atoms with Crippen molar-refractivity contribution in [3.8, 4) is 0 Å². The van der Waals surface area contributed by atoms with Gasteiger partial charge in [0.15, 0.2) is 0 Å². The number of cyclic esters (lactones) is 1. The van der Waals surface area contributed by atoms with E-state index in [4.69, 9.17) is 9.47 Å². The molecule has 1 heterocycles. The minimum atomic E-state index is -1.44. The Balaban J connectivity index is 2.35. The highest BCUT2D eigenvalue weighted by Crippen LogP contribution is 2.31. The van der Waals surface area contributed by atoms with E-state index in [1.165, 1.54) is 18.2 Å². The number of esters is 1. The highest BCUT2D eigenvalue weighted by molar-refractivity contribution is 7.84. The van der Waals surface area contributed by atoms with Crippen LogP contribution in [0.3, 0.4) is 0 Å². The van der Waals surface area contributed by atoms with Gasteiger partial charge >= 0.3 is 5.97 Å².